The average molecular weight is 520 g/mol. The number of nitrogens with zero attached hydrogens (tertiary/aromatic N) is 4. The van der Waals surface area contributed by atoms with Gasteiger partial charge in [0.05, 0.1) is 5.52 Å². The van der Waals surface area contributed by atoms with Gasteiger partial charge in [-0.3, -0.25) is 14.5 Å². The number of nitrogens with one attached hydrogen (secondary N) is 1. The first-order chi connectivity index (χ1) is 18.0. The number of aromatic nitrogens is 3. The molecule has 0 spiro atoms. The van der Waals surface area contributed by atoms with E-state index in [1.165, 1.54) is 16.2 Å². The molecule has 4 aromatic rings. The van der Waals surface area contributed by atoms with Crippen molar-refractivity contribution >= 4 is 39.9 Å². The van der Waals surface area contributed by atoms with Crippen LogP contribution >= 0.6 is 11.3 Å². The van der Waals surface area contributed by atoms with Gasteiger partial charge in [0.15, 0.2) is 11.5 Å². The molecule has 1 aliphatic rings. The number of hydrogen-bond donors (Lipinski definition) is 1. The Labute approximate surface area is 219 Å². The molecule has 0 fully saturated rings. The molecule has 0 bridgehead atoms. The molecule has 2 aromatic heterocycles. The lowest BCUT2D eigenvalue weighted by Crippen LogP contribution is -2.45. The van der Waals surface area contributed by atoms with Gasteiger partial charge in [-0.1, -0.05) is 37.3 Å². The predicted octanol–water partition coefficient (Wildman–Crippen LogP) is 4.20. The fourth-order valence-corrected chi connectivity index (χ4v) is 5.07. The highest BCUT2D eigenvalue weighted by atomic mass is 32.1. The van der Waals surface area contributed by atoms with Crippen molar-refractivity contribution in [1.82, 2.24) is 20.3 Å². The monoisotopic (exact) mass is 519 g/mol. The summed E-state index contributed by atoms with van der Waals surface area (Å²) in [5, 5.41) is 13.3. The summed E-state index contributed by atoms with van der Waals surface area (Å²) in [5.41, 5.74) is 1.98. The Hall–Kier alpha value is -3.92. The Kier molecular flexibility index (Phi) is 7.36. The standard InChI is InChI=1S/C27H29N5O4S/c1-18(2)11-12-28-27(34)26(24-8-5-15-37-24)32(19-9-10-22-23(16-19)36-14-13-35-22)25(33)17-31-21-7-4-3-6-20(21)29-30-31/h3-10,15-16,18,26H,11-14,17H2,1-2H3,(H,28,34)/t26-/m1/s1. The van der Waals surface area contributed by atoms with Gasteiger partial charge in [0.2, 0.25) is 11.8 Å². The molecule has 37 heavy (non-hydrogen) atoms. The topological polar surface area (TPSA) is 98.6 Å². The molecule has 0 saturated heterocycles. The molecule has 0 aliphatic carbocycles. The molecular formula is C27H29N5O4S. The number of fused-ring (bicyclic) bond motifs is 2. The number of ether oxygens (including phenoxy) is 2. The minimum atomic E-state index is -0.864. The molecule has 192 valence electrons. The maximum absolute atomic E-state index is 14.0. The van der Waals surface area contributed by atoms with Gasteiger partial charge in [0.25, 0.3) is 0 Å². The van der Waals surface area contributed by atoms with Gasteiger partial charge in [0.1, 0.15) is 31.3 Å². The largest absolute Gasteiger partial charge is 0.486 e. The van der Waals surface area contributed by atoms with Crippen LogP contribution in [-0.2, 0) is 16.1 Å². The van der Waals surface area contributed by atoms with E-state index in [0.29, 0.717) is 48.4 Å². The second kappa shape index (κ2) is 11.0. The Morgan fingerprint density at radius 1 is 1.08 bits per heavy atom. The molecular weight excluding hydrogens is 490 g/mol. The van der Waals surface area contributed by atoms with Crippen LogP contribution in [0.4, 0.5) is 5.69 Å². The zero-order chi connectivity index (χ0) is 25.8. The van der Waals surface area contributed by atoms with Gasteiger partial charge < -0.3 is 14.8 Å². The Morgan fingerprint density at radius 3 is 2.68 bits per heavy atom. The third kappa shape index (κ3) is 5.43. The van der Waals surface area contributed by atoms with E-state index in [1.807, 2.05) is 41.8 Å². The summed E-state index contributed by atoms with van der Waals surface area (Å²) in [6.07, 6.45) is 0.839. The lowest BCUT2D eigenvalue weighted by molar-refractivity contribution is -0.126. The molecule has 3 heterocycles. The highest BCUT2D eigenvalue weighted by Crippen LogP contribution is 2.38. The number of thiophene rings is 1. The lowest BCUT2D eigenvalue weighted by Gasteiger charge is -2.31. The van der Waals surface area contributed by atoms with E-state index in [0.717, 1.165) is 16.8 Å². The van der Waals surface area contributed by atoms with E-state index in [-0.39, 0.29) is 18.4 Å². The van der Waals surface area contributed by atoms with Gasteiger partial charge in [-0.05, 0) is 48.1 Å². The van der Waals surface area contributed by atoms with Crippen molar-refractivity contribution in [1.29, 1.82) is 0 Å². The highest BCUT2D eigenvalue weighted by molar-refractivity contribution is 7.10. The second-order valence-corrected chi connectivity index (χ2v) is 10.2. The van der Waals surface area contributed by atoms with Gasteiger partial charge in [-0.15, -0.1) is 16.4 Å². The smallest absolute Gasteiger partial charge is 0.249 e. The van der Waals surface area contributed by atoms with Gasteiger partial charge in [-0.25, -0.2) is 4.68 Å². The molecule has 2 aromatic carbocycles. The molecule has 1 aliphatic heterocycles. The molecule has 10 heteroatoms. The molecule has 0 radical (unpaired) electrons. The van der Waals surface area contributed by atoms with Crippen molar-refractivity contribution in [3.05, 3.63) is 64.9 Å². The van der Waals surface area contributed by atoms with Crippen molar-refractivity contribution in [2.45, 2.75) is 32.9 Å². The van der Waals surface area contributed by atoms with Gasteiger partial charge in [-0.2, -0.15) is 0 Å². The maximum Gasteiger partial charge on any atom is 0.249 e. The second-order valence-electron chi connectivity index (χ2n) is 9.22. The number of rotatable bonds is 9. The van der Waals surface area contributed by atoms with Crippen LogP contribution in [0.2, 0.25) is 0 Å². The maximum atomic E-state index is 14.0. The van der Waals surface area contributed by atoms with E-state index in [4.69, 9.17) is 9.47 Å². The number of carbonyl (C=O) groups is 2. The molecule has 9 nitrogen and oxygen atoms in total. The molecule has 1 atom stereocenters. The molecule has 1 N–H and O–H groups in total. The van der Waals surface area contributed by atoms with Crippen molar-refractivity contribution in [3.63, 3.8) is 0 Å². The summed E-state index contributed by atoms with van der Waals surface area (Å²) < 4.78 is 13.0. The number of carbonyl (C=O) groups excluding carboxylic acids is 2. The predicted molar refractivity (Wildman–Crippen MR) is 142 cm³/mol. The van der Waals surface area contributed by atoms with Gasteiger partial charge in [0, 0.05) is 23.2 Å². The first-order valence-corrected chi connectivity index (χ1v) is 13.2. The third-order valence-corrected chi connectivity index (χ3v) is 7.04. The summed E-state index contributed by atoms with van der Waals surface area (Å²) in [7, 11) is 0. The SMILES string of the molecule is CC(C)CCNC(=O)[C@@H](c1cccs1)N(C(=O)Cn1nnc2ccccc21)c1ccc2c(c1)OCCO2. The van der Waals surface area contributed by atoms with Crippen molar-refractivity contribution in [3.8, 4) is 11.5 Å². The number of benzene rings is 2. The first-order valence-electron chi connectivity index (χ1n) is 12.3. The minimum absolute atomic E-state index is 0.0872. The van der Waals surface area contributed by atoms with Crippen LogP contribution in [0.1, 0.15) is 31.2 Å². The van der Waals surface area contributed by atoms with Gasteiger partial charge >= 0.3 is 0 Å². The van der Waals surface area contributed by atoms with Crippen LogP contribution in [0.15, 0.2) is 60.0 Å². The number of hydrogen-bond acceptors (Lipinski definition) is 7. The van der Waals surface area contributed by atoms with Crippen LogP contribution in [0.5, 0.6) is 11.5 Å². The number of para-hydroxylation sites is 1. The summed E-state index contributed by atoms with van der Waals surface area (Å²) in [5.74, 6) is 1.05. The zero-order valence-corrected chi connectivity index (χ0v) is 21.6. The third-order valence-electron chi connectivity index (χ3n) is 6.12. The van der Waals surface area contributed by atoms with E-state index in [9.17, 15) is 9.59 Å². The van der Waals surface area contributed by atoms with Crippen molar-refractivity contribution < 1.29 is 19.1 Å². The van der Waals surface area contributed by atoms with Crippen LogP contribution in [-0.4, -0.2) is 46.6 Å². The average Bonchev–Trinajstić information content (AvgIpc) is 3.57. The molecule has 0 saturated carbocycles. The van der Waals surface area contributed by atoms with E-state index in [2.05, 4.69) is 29.5 Å². The Balaban J connectivity index is 1.54. The zero-order valence-electron chi connectivity index (χ0n) is 20.8. The fraction of sp³-hybridized carbons (Fsp3) is 0.333. The normalized spacial score (nSPS) is 13.5. The summed E-state index contributed by atoms with van der Waals surface area (Å²) in [6.45, 7) is 5.53. The van der Waals surface area contributed by atoms with Crippen LogP contribution in [0.3, 0.4) is 0 Å². The van der Waals surface area contributed by atoms with E-state index >= 15 is 0 Å². The Bertz CT molecular complexity index is 1380. The summed E-state index contributed by atoms with van der Waals surface area (Å²) in [6, 6.07) is 15.7. The van der Waals surface area contributed by atoms with E-state index in [1.54, 1.807) is 22.9 Å². The first kappa shape index (κ1) is 24.8. The number of anilines is 1. The summed E-state index contributed by atoms with van der Waals surface area (Å²) >= 11 is 1.43. The molecule has 5 rings (SSSR count). The molecule has 2 amide bonds. The van der Waals surface area contributed by atoms with Crippen LogP contribution in [0, 0.1) is 5.92 Å². The number of amides is 2. The Morgan fingerprint density at radius 2 is 1.89 bits per heavy atom. The lowest BCUT2D eigenvalue weighted by atomic mass is 10.1. The van der Waals surface area contributed by atoms with Crippen LogP contribution in [0.25, 0.3) is 11.0 Å². The minimum Gasteiger partial charge on any atom is -0.486 e. The van der Waals surface area contributed by atoms with Crippen molar-refractivity contribution in [2.24, 2.45) is 5.92 Å². The quantitative estimate of drug-likeness (QED) is 0.356. The van der Waals surface area contributed by atoms with Crippen LogP contribution < -0.4 is 19.7 Å². The molecule has 0 unspecified atom stereocenters. The van der Waals surface area contributed by atoms with E-state index < -0.39 is 6.04 Å². The summed E-state index contributed by atoms with van der Waals surface area (Å²) in [4.78, 5) is 30.0. The fourth-order valence-electron chi connectivity index (χ4n) is 4.26. The van der Waals surface area contributed by atoms with Crippen molar-refractivity contribution in [2.75, 3.05) is 24.7 Å². The highest BCUT2D eigenvalue weighted by Gasteiger charge is 2.34.